The van der Waals surface area contributed by atoms with Crippen molar-refractivity contribution in [3.05, 3.63) is 59.3 Å². The molecule has 134 valence electrons. The first-order valence-electron chi connectivity index (χ1n) is 8.71. The molecule has 1 aromatic heterocycles. The minimum atomic E-state index is -0.266. The highest BCUT2D eigenvalue weighted by atomic mass is 16.5. The van der Waals surface area contributed by atoms with E-state index in [9.17, 15) is 4.79 Å². The van der Waals surface area contributed by atoms with Crippen LogP contribution in [0.2, 0.25) is 0 Å². The summed E-state index contributed by atoms with van der Waals surface area (Å²) < 4.78 is 16.6. The zero-order valence-corrected chi connectivity index (χ0v) is 14.9. The van der Waals surface area contributed by atoms with E-state index in [2.05, 4.69) is 4.98 Å². The van der Waals surface area contributed by atoms with E-state index in [1.165, 1.54) is 11.3 Å². The van der Waals surface area contributed by atoms with E-state index in [4.69, 9.17) is 14.2 Å². The molecule has 0 aliphatic heterocycles. The van der Waals surface area contributed by atoms with Gasteiger partial charge in [-0.05, 0) is 36.6 Å². The van der Waals surface area contributed by atoms with E-state index >= 15 is 0 Å². The Morgan fingerprint density at radius 1 is 1.08 bits per heavy atom. The smallest absolute Gasteiger partial charge is 0.338 e. The lowest BCUT2D eigenvalue weighted by molar-refractivity contribution is 0.0271. The van der Waals surface area contributed by atoms with Gasteiger partial charge in [0.05, 0.1) is 19.8 Å². The maximum absolute atomic E-state index is 12.3. The number of carbonyl (C=O) groups excluding carboxylic acids is 1. The lowest BCUT2D eigenvalue weighted by atomic mass is 9.93. The average molecular weight is 351 g/mol. The third-order valence-electron chi connectivity index (χ3n) is 4.93. The Bertz CT molecular complexity index is 946. The molecule has 0 spiro atoms. The van der Waals surface area contributed by atoms with Gasteiger partial charge in [0.15, 0.2) is 11.5 Å². The van der Waals surface area contributed by atoms with Crippen LogP contribution < -0.4 is 9.47 Å². The summed E-state index contributed by atoms with van der Waals surface area (Å²) in [6.45, 7) is 0. The SMILES string of the molecule is COc1cc2[nH]c3c(c2cc1OC)CC(OC(=O)c1ccccc1)CC3. The van der Waals surface area contributed by atoms with Gasteiger partial charge < -0.3 is 19.2 Å². The van der Waals surface area contributed by atoms with Crippen LogP contribution in [0, 0.1) is 0 Å². The van der Waals surface area contributed by atoms with Crippen molar-refractivity contribution in [2.45, 2.75) is 25.4 Å². The highest BCUT2D eigenvalue weighted by molar-refractivity contribution is 5.90. The molecule has 5 nitrogen and oxygen atoms in total. The number of nitrogens with one attached hydrogen (secondary N) is 1. The van der Waals surface area contributed by atoms with Crippen molar-refractivity contribution in [3.8, 4) is 11.5 Å². The zero-order valence-electron chi connectivity index (χ0n) is 14.9. The Labute approximate surface area is 151 Å². The molecule has 26 heavy (non-hydrogen) atoms. The third kappa shape index (κ3) is 2.90. The maximum Gasteiger partial charge on any atom is 0.338 e. The van der Waals surface area contributed by atoms with E-state index in [-0.39, 0.29) is 12.1 Å². The summed E-state index contributed by atoms with van der Waals surface area (Å²) in [6, 6.07) is 13.1. The first-order valence-corrected chi connectivity index (χ1v) is 8.71. The molecule has 1 aliphatic rings. The van der Waals surface area contributed by atoms with E-state index in [1.54, 1.807) is 26.4 Å². The van der Waals surface area contributed by atoms with Crippen molar-refractivity contribution >= 4 is 16.9 Å². The molecule has 0 bridgehead atoms. The molecule has 5 heteroatoms. The Balaban J connectivity index is 1.60. The quantitative estimate of drug-likeness (QED) is 0.724. The number of benzene rings is 2. The van der Waals surface area contributed by atoms with Gasteiger partial charge in [-0.25, -0.2) is 4.79 Å². The molecule has 1 atom stereocenters. The maximum atomic E-state index is 12.3. The number of rotatable bonds is 4. The van der Waals surface area contributed by atoms with Crippen LogP contribution >= 0.6 is 0 Å². The number of esters is 1. The summed E-state index contributed by atoms with van der Waals surface area (Å²) in [7, 11) is 3.26. The van der Waals surface area contributed by atoms with Crippen LogP contribution in [0.5, 0.6) is 11.5 Å². The van der Waals surface area contributed by atoms with E-state index in [1.807, 2.05) is 30.3 Å². The first-order chi connectivity index (χ1) is 12.7. The second-order valence-electron chi connectivity index (χ2n) is 6.47. The minimum Gasteiger partial charge on any atom is -0.493 e. The first kappa shape index (κ1) is 16.5. The predicted molar refractivity (Wildman–Crippen MR) is 99.1 cm³/mol. The molecule has 4 rings (SSSR count). The Kier molecular flexibility index (Phi) is 4.29. The number of aryl methyl sites for hydroxylation is 1. The second-order valence-corrected chi connectivity index (χ2v) is 6.47. The normalized spacial score (nSPS) is 16.2. The van der Waals surface area contributed by atoms with E-state index < -0.39 is 0 Å². The number of aromatic nitrogens is 1. The number of H-pyrrole nitrogens is 1. The van der Waals surface area contributed by atoms with Gasteiger partial charge in [-0.3, -0.25) is 0 Å². The van der Waals surface area contributed by atoms with Crippen molar-refractivity contribution in [1.82, 2.24) is 4.98 Å². The van der Waals surface area contributed by atoms with Crippen molar-refractivity contribution in [3.63, 3.8) is 0 Å². The number of fused-ring (bicyclic) bond motifs is 3. The average Bonchev–Trinajstić information content (AvgIpc) is 3.04. The Hall–Kier alpha value is -2.95. The fourth-order valence-corrected chi connectivity index (χ4v) is 3.61. The van der Waals surface area contributed by atoms with Crippen molar-refractivity contribution in [2.24, 2.45) is 0 Å². The monoisotopic (exact) mass is 351 g/mol. The van der Waals surface area contributed by atoms with Gasteiger partial charge in [-0.2, -0.15) is 0 Å². The molecule has 1 heterocycles. The lowest BCUT2D eigenvalue weighted by Gasteiger charge is -2.23. The van der Waals surface area contributed by atoms with Crippen LogP contribution in [0.4, 0.5) is 0 Å². The summed E-state index contributed by atoms with van der Waals surface area (Å²) in [6.07, 6.45) is 2.24. The number of ether oxygens (including phenoxy) is 3. The summed E-state index contributed by atoms with van der Waals surface area (Å²) >= 11 is 0. The largest absolute Gasteiger partial charge is 0.493 e. The van der Waals surface area contributed by atoms with E-state index in [0.717, 1.165) is 23.7 Å². The number of aromatic amines is 1. The molecule has 0 amide bonds. The molecular formula is C21H21NO4. The summed E-state index contributed by atoms with van der Waals surface area (Å²) in [5.74, 6) is 1.13. The summed E-state index contributed by atoms with van der Waals surface area (Å²) in [5.41, 5.74) is 3.99. The van der Waals surface area contributed by atoms with Crippen LogP contribution in [0.25, 0.3) is 10.9 Å². The van der Waals surface area contributed by atoms with Crippen molar-refractivity contribution < 1.29 is 19.0 Å². The van der Waals surface area contributed by atoms with Gasteiger partial charge in [0, 0.05) is 29.1 Å². The van der Waals surface area contributed by atoms with Crippen molar-refractivity contribution in [1.29, 1.82) is 0 Å². The van der Waals surface area contributed by atoms with Gasteiger partial charge in [-0.15, -0.1) is 0 Å². The Morgan fingerprint density at radius 3 is 2.54 bits per heavy atom. The highest BCUT2D eigenvalue weighted by Crippen LogP contribution is 2.37. The predicted octanol–water partition coefficient (Wildman–Crippen LogP) is 3.90. The number of methoxy groups -OCH3 is 2. The standard InChI is InChI=1S/C21H21NO4/c1-24-19-11-16-15-10-14(26-21(23)13-6-4-3-5-7-13)8-9-17(15)22-18(16)12-20(19)25-2/h3-7,11-12,14,22H,8-10H2,1-2H3. The fraction of sp³-hybridized carbons (Fsp3) is 0.286. The Morgan fingerprint density at radius 2 is 1.81 bits per heavy atom. The van der Waals surface area contributed by atoms with Gasteiger partial charge in [0.1, 0.15) is 6.10 Å². The van der Waals surface area contributed by atoms with Crippen LogP contribution in [-0.2, 0) is 17.6 Å². The fourth-order valence-electron chi connectivity index (χ4n) is 3.61. The topological polar surface area (TPSA) is 60.6 Å². The molecule has 1 unspecified atom stereocenters. The van der Waals surface area contributed by atoms with Crippen LogP contribution in [0.3, 0.4) is 0 Å². The number of carbonyl (C=O) groups is 1. The van der Waals surface area contributed by atoms with Gasteiger partial charge in [-0.1, -0.05) is 18.2 Å². The van der Waals surface area contributed by atoms with Gasteiger partial charge >= 0.3 is 5.97 Å². The zero-order chi connectivity index (χ0) is 18.1. The number of hydrogen-bond acceptors (Lipinski definition) is 4. The molecular weight excluding hydrogens is 330 g/mol. The molecule has 3 aromatic rings. The lowest BCUT2D eigenvalue weighted by Crippen LogP contribution is -2.25. The molecule has 1 N–H and O–H groups in total. The third-order valence-corrected chi connectivity index (χ3v) is 4.93. The highest BCUT2D eigenvalue weighted by Gasteiger charge is 2.26. The molecule has 2 aromatic carbocycles. The van der Waals surface area contributed by atoms with Crippen LogP contribution in [0.15, 0.2) is 42.5 Å². The van der Waals surface area contributed by atoms with Crippen LogP contribution in [-0.4, -0.2) is 31.3 Å². The minimum absolute atomic E-state index is 0.123. The second kappa shape index (κ2) is 6.75. The van der Waals surface area contributed by atoms with Crippen molar-refractivity contribution in [2.75, 3.05) is 14.2 Å². The molecule has 0 fully saturated rings. The van der Waals surface area contributed by atoms with Gasteiger partial charge in [0.2, 0.25) is 0 Å². The van der Waals surface area contributed by atoms with Gasteiger partial charge in [0.25, 0.3) is 0 Å². The van der Waals surface area contributed by atoms with Crippen LogP contribution in [0.1, 0.15) is 28.0 Å². The number of hydrogen-bond donors (Lipinski definition) is 1. The molecule has 0 saturated carbocycles. The summed E-state index contributed by atoms with van der Waals surface area (Å²) in [5, 5.41) is 1.10. The molecule has 1 aliphatic carbocycles. The molecule has 0 radical (unpaired) electrons. The summed E-state index contributed by atoms with van der Waals surface area (Å²) in [4.78, 5) is 15.8. The molecule has 0 saturated heterocycles. The van der Waals surface area contributed by atoms with E-state index in [0.29, 0.717) is 23.5 Å².